The van der Waals surface area contributed by atoms with Gasteiger partial charge in [0.05, 0.1) is 7.11 Å². The number of alkyl carbamates (subject to hydrolysis) is 1. The third-order valence-electron chi connectivity index (χ3n) is 7.20. The number of hydrogen-bond acceptors (Lipinski definition) is 3. The van der Waals surface area contributed by atoms with Gasteiger partial charge in [0.1, 0.15) is 0 Å². The van der Waals surface area contributed by atoms with Crippen LogP contribution in [0.3, 0.4) is 0 Å². The van der Waals surface area contributed by atoms with Gasteiger partial charge in [0.2, 0.25) is 5.91 Å². The van der Waals surface area contributed by atoms with E-state index in [9.17, 15) is 9.59 Å². The molecule has 5 nitrogen and oxygen atoms in total. The lowest BCUT2D eigenvalue weighted by Crippen LogP contribution is -2.50. The molecule has 2 amide bonds. The van der Waals surface area contributed by atoms with E-state index in [2.05, 4.69) is 40.1 Å². The fourth-order valence-corrected chi connectivity index (χ4v) is 5.33. The minimum absolute atomic E-state index is 0.0719. The monoisotopic (exact) mass is 368 g/mol. The topological polar surface area (TPSA) is 58.6 Å². The minimum Gasteiger partial charge on any atom is -0.453 e. The molecule has 27 heavy (non-hydrogen) atoms. The van der Waals surface area contributed by atoms with Gasteiger partial charge >= 0.3 is 6.09 Å². The van der Waals surface area contributed by atoms with Crippen molar-refractivity contribution in [3.8, 4) is 0 Å². The van der Waals surface area contributed by atoms with Crippen molar-refractivity contribution in [1.82, 2.24) is 10.2 Å². The van der Waals surface area contributed by atoms with Gasteiger partial charge in [-0.3, -0.25) is 4.79 Å². The molecule has 1 saturated heterocycles. The number of carbonyl (C=O) groups is 2. The van der Waals surface area contributed by atoms with Gasteiger partial charge in [-0.25, -0.2) is 4.79 Å². The van der Waals surface area contributed by atoms with Gasteiger partial charge in [-0.05, 0) is 73.0 Å². The van der Waals surface area contributed by atoms with Crippen LogP contribution in [0.4, 0.5) is 4.79 Å². The van der Waals surface area contributed by atoms with Crippen molar-refractivity contribution in [3.05, 3.63) is 34.9 Å². The van der Waals surface area contributed by atoms with Crippen LogP contribution >= 0.6 is 0 Å². The zero-order valence-electron chi connectivity index (χ0n) is 16.1. The maximum atomic E-state index is 12.7. The first-order chi connectivity index (χ1) is 13.0. The Morgan fingerprint density at radius 1 is 1.15 bits per heavy atom. The van der Waals surface area contributed by atoms with Gasteiger partial charge in [-0.1, -0.05) is 18.2 Å². The second-order valence-electron chi connectivity index (χ2n) is 8.99. The van der Waals surface area contributed by atoms with E-state index < -0.39 is 6.09 Å². The summed E-state index contributed by atoms with van der Waals surface area (Å²) in [5, 5.41) is 2.78. The highest BCUT2D eigenvalue weighted by Crippen LogP contribution is 2.59. The summed E-state index contributed by atoms with van der Waals surface area (Å²) >= 11 is 0. The van der Waals surface area contributed by atoms with Crippen molar-refractivity contribution in [2.24, 2.45) is 17.8 Å². The number of nitrogens with zero attached hydrogens (tertiary/aromatic N) is 1. The Morgan fingerprint density at radius 3 is 2.44 bits per heavy atom. The van der Waals surface area contributed by atoms with Crippen LogP contribution in [-0.2, 0) is 9.53 Å². The van der Waals surface area contributed by atoms with Crippen LogP contribution in [-0.4, -0.2) is 43.1 Å². The largest absolute Gasteiger partial charge is 0.453 e. The molecule has 144 valence electrons. The highest BCUT2D eigenvalue weighted by Gasteiger charge is 2.58. The number of piperidine rings is 1. The lowest BCUT2D eigenvalue weighted by Gasteiger charge is -2.37. The standard InChI is InChI=1S/C22H28N2O3/c1-12-7-14(13-3-4-13)5-6-17(12)20-18-10-24(11-19(18)20)21(25)15-8-16(9-15)23-22(26)27-2/h5-7,13,15-16,18-20H,3-4,8-11H2,1-2H3,(H,23,26)/t15?,16?,18-,19+,20?. The molecule has 1 aliphatic heterocycles. The van der Waals surface area contributed by atoms with E-state index in [1.807, 2.05) is 0 Å². The van der Waals surface area contributed by atoms with E-state index in [-0.39, 0.29) is 17.9 Å². The number of rotatable bonds is 4. The number of hydrogen-bond donors (Lipinski definition) is 1. The highest BCUT2D eigenvalue weighted by atomic mass is 16.5. The number of aryl methyl sites for hydroxylation is 1. The third-order valence-corrected chi connectivity index (χ3v) is 7.20. The maximum Gasteiger partial charge on any atom is 0.407 e. The van der Waals surface area contributed by atoms with Gasteiger partial charge in [0.25, 0.3) is 0 Å². The zero-order chi connectivity index (χ0) is 18.7. The summed E-state index contributed by atoms with van der Waals surface area (Å²) < 4.78 is 4.61. The molecule has 1 unspecified atom stereocenters. The second-order valence-corrected chi connectivity index (χ2v) is 8.99. The molecule has 0 aromatic heterocycles. The SMILES string of the molecule is COC(=O)NC1CC(C(=O)N2C[C@@H]3C(c4ccc(C5CC5)cc4C)[C@@H]3C2)C1. The second kappa shape index (κ2) is 6.25. The van der Waals surface area contributed by atoms with E-state index in [0.717, 1.165) is 31.8 Å². The Balaban J connectivity index is 1.14. The van der Waals surface area contributed by atoms with Crippen LogP contribution in [0.25, 0.3) is 0 Å². The molecule has 0 spiro atoms. The number of methoxy groups -OCH3 is 1. The van der Waals surface area contributed by atoms with E-state index in [1.165, 1.54) is 36.6 Å². The summed E-state index contributed by atoms with van der Waals surface area (Å²) in [6.45, 7) is 4.06. The number of carbonyl (C=O) groups excluding carboxylic acids is 2. The summed E-state index contributed by atoms with van der Waals surface area (Å²) in [7, 11) is 1.37. The lowest BCUT2D eigenvalue weighted by molar-refractivity contribution is -0.138. The van der Waals surface area contributed by atoms with Gasteiger partial charge in [0.15, 0.2) is 0 Å². The van der Waals surface area contributed by atoms with Gasteiger partial charge in [-0.15, -0.1) is 0 Å². The summed E-state index contributed by atoms with van der Waals surface area (Å²) in [4.78, 5) is 26.0. The molecule has 1 N–H and O–H groups in total. The molecule has 3 atom stereocenters. The fraction of sp³-hybridized carbons (Fsp3) is 0.636. The smallest absolute Gasteiger partial charge is 0.407 e. The maximum absolute atomic E-state index is 12.7. The van der Waals surface area contributed by atoms with E-state index in [0.29, 0.717) is 17.8 Å². The van der Waals surface area contributed by atoms with Crippen LogP contribution in [0, 0.1) is 24.7 Å². The lowest BCUT2D eigenvalue weighted by atomic mass is 9.79. The van der Waals surface area contributed by atoms with Crippen LogP contribution in [0.2, 0.25) is 0 Å². The Hall–Kier alpha value is -2.04. The Bertz CT molecular complexity index is 770. The van der Waals surface area contributed by atoms with Crippen molar-refractivity contribution in [1.29, 1.82) is 0 Å². The van der Waals surface area contributed by atoms with Crippen LogP contribution < -0.4 is 5.32 Å². The van der Waals surface area contributed by atoms with Crippen LogP contribution in [0.5, 0.6) is 0 Å². The molecular weight excluding hydrogens is 340 g/mol. The van der Waals surface area contributed by atoms with E-state index >= 15 is 0 Å². The average molecular weight is 368 g/mol. The first kappa shape index (κ1) is 17.1. The number of nitrogens with one attached hydrogen (secondary N) is 1. The molecule has 0 bridgehead atoms. The molecule has 4 fully saturated rings. The normalized spacial score (nSPS) is 33.9. The molecule has 1 aromatic rings. The Labute approximate surface area is 160 Å². The number of amides is 2. The first-order valence-corrected chi connectivity index (χ1v) is 10.3. The molecular formula is C22H28N2O3. The van der Waals surface area contributed by atoms with Crippen LogP contribution in [0.1, 0.15) is 54.2 Å². The van der Waals surface area contributed by atoms with Crippen molar-refractivity contribution in [2.75, 3.05) is 20.2 Å². The van der Waals surface area contributed by atoms with Crippen molar-refractivity contribution in [3.63, 3.8) is 0 Å². The fourth-order valence-electron chi connectivity index (χ4n) is 5.33. The third kappa shape index (κ3) is 3.01. The quantitative estimate of drug-likeness (QED) is 0.888. The first-order valence-electron chi connectivity index (χ1n) is 10.3. The number of benzene rings is 1. The highest BCUT2D eigenvalue weighted by molar-refractivity contribution is 5.81. The average Bonchev–Trinajstić information content (AvgIpc) is 3.54. The Kier molecular flexibility index (Phi) is 3.95. The number of likely N-dealkylation sites (tertiary alicyclic amines) is 1. The van der Waals surface area contributed by atoms with Gasteiger partial charge in [-0.2, -0.15) is 0 Å². The molecule has 5 heteroatoms. The molecule has 4 aliphatic rings. The summed E-state index contributed by atoms with van der Waals surface area (Å²) in [5.41, 5.74) is 4.46. The molecule has 3 aliphatic carbocycles. The molecule has 1 heterocycles. The van der Waals surface area contributed by atoms with Crippen molar-refractivity contribution < 1.29 is 14.3 Å². The molecule has 1 aromatic carbocycles. The predicted octanol–water partition coefficient (Wildman–Crippen LogP) is 3.18. The van der Waals surface area contributed by atoms with Crippen molar-refractivity contribution in [2.45, 2.75) is 50.5 Å². The Morgan fingerprint density at radius 2 is 1.85 bits per heavy atom. The predicted molar refractivity (Wildman–Crippen MR) is 102 cm³/mol. The minimum atomic E-state index is -0.403. The zero-order valence-corrected chi connectivity index (χ0v) is 16.1. The van der Waals surface area contributed by atoms with Crippen molar-refractivity contribution >= 4 is 12.0 Å². The van der Waals surface area contributed by atoms with E-state index in [1.54, 1.807) is 0 Å². The number of ether oxygens (including phenoxy) is 1. The molecule has 0 radical (unpaired) electrons. The molecule has 3 saturated carbocycles. The van der Waals surface area contributed by atoms with Gasteiger partial charge in [0, 0.05) is 25.0 Å². The van der Waals surface area contributed by atoms with Crippen LogP contribution in [0.15, 0.2) is 18.2 Å². The van der Waals surface area contributed by atoms with Gasteiger partial charge < -0.3 is 15.0 Å². The summed E-state index contributed by atoms with van der Waals surface area (Å²) in [6, 6.07) is 7.17. The molecule has 5 rings (SSSR count). The summed E-state index contributed by atoms with van der Waals surface area (Å²) in [6.07, 6.45) is 3.78. The summed E-state index contributed by atoms with van der Waals surface area (Å²) in [5.74, 6) is 3.10. The number of fused-ring (bicyclic) bond motifs is 1. The van der Waals surface area contributed by atoms with E-state index in [4.69, 9.17) is 0 Å².